The summed E-state index contributed by atoms with van der Waals surface area (Å²) in [7, 11) is 0. The molecule has 2 aromatic carbocycles. The van der Waals surface area contributed by atoms with Crippen molar-refractivity contribution in [3.05, 3.63) is 63.1 Å². The molecule has 1 N–H and O–H groups in total. The summed E-state index contributed by atoms with van der Waals surface area (Å²) in [5.41, 5.74) is 6.48. The molecule has 0 saturated heterocycles. The van der Waals surface area contributed by atoms with Crippen LogP contribution in [0.2, 0.25) is 10.0 Å². The Balaban J connectivity index is 1.94. The van der Waals surface area contributed by atoms with Crippen LogP contribution in [0.5, 0.6) is 5.75 Å². The van der Waals surface area contributed by atoms with E-state index in [9.17, 15) is 4.79 Å². The Morgan fingerprint density at radius 1 is 1.17 bits per heavy atom. The molecule has 4 nitrogen and oxygen atoms in total. The topological polar surface area (TPSA) is 50.7 Å². The number of halogens is 2. The maximum absolute atomic E-state index is 11.9. The Kier molecular flexibility index (Phi) is 6.23. The lowest BCUT2D eigenvalue weighted by Gasteiger charge is -2.09. The molecule has 0 fully saturated rings. The number of amides is 1. The molecule has 2 aromatic rings. The number of nitrogens with one attached hydrogen (secondary N) is 1. The van der Waals surface area contributed by atoms with E-state index < -0.39 is 0 Å². The zero-order chi connectivity index (χ0) is 17.7. The van der Waals surface area contributed by atoms with Gasteiger partial charge in [-0.25, -0.2) is 5.43 Å². The summed E-state index contributed by atoms with van der Waals surface area (Å²) in [6.45, 7) is 5.69. The molecule has 6 heteroatoms. The number of hydrogen-bond donors (Lipinski definition) is 1. The zero-order valence-corrected chi connectivity index (χ0v) is 15.2. The van der Waals surface area contributed by atoms with Gasteiger partial charge in [-0.05, 0) is 44.5 Å². The molecule has 0 unspecified atom stereocenters. The van der Waals surface area contributed by atoms with Crippen LogP contribution in [-0.2, 0) is 4.79 Å². The third kappa shape index (κ3) is 4.98. The van der Waals surface area contributed by atoms with E-state index in [1.165, 1.54) is 5.56 Å². The quantitative estimate of drug-likeness (QED) is 0.625. The van der Waals surface area contributed by atoms with Crippen molar-refractivity contribution in [2.45, 2.75) is 20.8 Å². The largest absolute Gasteiger partial charge is 0.482 e. The van der Waals surface area contributed by atoms with Gasteiger partial charge < -0.3 is 4.74 Å². The second-order valence-electron chi connectivity index (χ2n) is 5.41. The Morgan fingerprint density at radius 2 is 1.92 bits per heavy atom. The number of nitrogens with zero attached hydrogens (tertiary/aromatic N) is 1. The minimum atomic E-state index is -0.370. The fraction of sp³-hybridized carbons (Fsp3) is 0.222. The van der Waals surface area contributed by atoms with Gasteiger partial charge in [-0.15, -0.1) is 0 Å². The van der Waals surface area contributed by atoms with E-state index >= 15 is 0 Å². The van der Waals surface area contributed by atoms with Crippen molar-refractivity contribution < 1.29 is 9.53 Å². The molecular formula is C18H18Cl2N2O2. The molecule has 0 aliphatic rings. The van der Waals surface area contributed by atoms with Gasteiger partial charge in [0.15, 0.2) is 6.61 Å². The Hall–Kier alpha value is -2.04. The van der Waals surface area contributed by atoms with E-state index in [-0.39, 0.29) is 12.5 Å². The van der Waals surface area contributed by atoms with Gasteiger partial charge in [0.05, 0.1) is 10.7 Å². The Morgan fingerprint density at radius 3 is 2.58 bits per heavy atom. The number of rotatable bonds is 5. The number of carbonyl (C=O) groups is 1. The van der Waals surface area contributed by atoms with Crippen LogP contribution in [0.25, 0.3) is 0 Å². The van der Waals surface area contributed by atoms with E-state index in [4.69, 9.17) is 27.9 Å². The van der Waals surface area contributed by atoms with E-state index in [0.29, 0.717) is 15.8 Å². The van der Waals surface area contributed by atoms with E-state index in [1.54, 1.807) is 18.2 Å². The second-order valence-corrected chi connectivity index (χ2v) is 6.26. The minimum absolute atomic E-state index is 0.189. The summed E-state index contributed by atoms with van der Waals surface area (Å²) in [6, 6.07) is 10.9. The van der Waals surface area contributed by atoms with Gasteiger partial charge in [0.2, 0.25) is 0 Å². The molecule has 2 rings (SSSR count). The highest BCUT2D eigenvalue weighted by Gasteiger charge is 2.07. The molecule has 0 radical (unpaired) electrons. The minimum Gasteiger partial charge on any atom is -0.482 e. The van der Waals surface area contributed by atoms with Crippen LogP contribution in [0.1, 0.15) is 23.6 Å². The maximum Gasteiger partial charge on any atom is 0.277 e. The van der Waals surface area contributed by atoms with E-state index in [2.05, 4.69) is 16.6 Å². The van der Waals surface area contributed by atoms with Gasteiger partial charge in [0, 0.05) is 10.6 Å². The van der Waals surface area contributed by atoms with Crippen LogP contribution in [0, 0.1) is 13.8 Å². The normalized spacial score (nSPS) is 11.3. The van der Waals surface area contributed by atoms with Gasteiger partial charge in [-0.3, -0.25) is 4.79 Å². The van der Waals surface area contributed by atoms with Crippen molar-refractivity contribution in [1.82, 2.24) is 5.43 Å². The highest BCUT2D eigenvalue weighted by molar-refractivity contribution is 6.35. The smallest absolute Gasteiger partial charge is 0.277 e. The second kappa shape index (κ2) is 8.18. The molecule has 0 aliphatic carbocycles. The highest BCUT2D eigenvalue weighted by atomic mass is 35.5. The molecule has 126 valence electrons. The first-order chi connectivity index (χ1) is 11.4. The predicted molar refractivity (Wildman–Crippen MR) is 98.2 cm³/mol. The summed E-state index contributed by atoms with van der Waals surface area (Å²) in [4.78, 5) is 11.9. The number of aryl methyl sites for hydroxylation is 2. The van der Waals surface area contributed by atoms with Crippen molar-refractivity contribution in [2.24, 2.45) is 5.10 Å². The van der Waals surface area contributed by atoms with E-state index in [0.717, 1.165) is 16.8 Å². The van der Waals surface area contributed by atoms with Crippen molar-refractivity contribution in [3.63, 3.8) is 0 Å². The SMILES string of the molecule is C/C(=N\NC(=O)COc1ccc(Cl)cc1Cl)c1ccc(C)cc1C. The van der Waals surface area contributed by atoms with Crippen molar-refractivity contribution in [1.29, 1.82) is 0 Å². The lowest BCUT2D eigenvalue weighted by Crippen LogP contribution is -2.25. The predicted octanol–water partition coefficient (Wildman–Crippen LogP) is 4.53. The lowest BCUT2D eigenvalue weighted by atomic mass is 10.0. The third-order valence-electron chi connectivity index (χ3n) is 3.37. The van der Waals surface area contributed by atoms with Crippen LogP contribution < -0.4 is 10.2 Å². The van der Waals surface area contributed by atoms with Gasteiger partial charge in [-0.2, -0.15) is 5.10 Å². The summed E-state index contributed by atoms with van der Waals surface area (Å²) >= 11 is 11.8. The maximum atomic E-state index is 11.9. The van der Waals surface area contributed by atoms with Crippen LogP contribution in [0.3, 0.4) is 0 Å². The fourth-order valence-corrected chi connectivity index (χ4v) is 2.66. The Labute approximate surface area is 151 Å². The molecule has 1 amide bonds. The average molecular weight is 365 g/mol. The van der Waals surface area contributed by atoms with Crippen molar-refractivity contribution in [3.8, 4) is 5.75 Å². The lowest BCUT2D eigenvalue weighted by molar-refractivity contribution is -0.123. The number of benzene rings is 2. The van der Waals surface area contributed by atoms with Crippen LogP contribution >= 0.6 is 23.2 Å². The summed E-state index contributed by atoms with van der Waals surface area (Å²) in [6.07, 6.45) is 0. The molecule has 24 heavy (non-hydrogen) atoms. The number of ether oxygens (including phenoxy) is 1. The van der Waals surface area contributed by atoms with E-state index in [1.807, 2.05) is 32.9 Å². The molecule has 0 aliphatic heterocycles. The number of hydrazone groups is 1. The number of hydrogen-bond acceptors (Lipinski definition) is 3. The number of carbonyl (C=O) groups excluding carboxylic acids is 1. The summed E-state index contributed by atoms with van der Waals surface area (Å²) in [5.74, 6) is 0.0245. The summed E-state index contributed by atoms with van der Waals surface area (Å²) in [5, 5.41) is 4.97. The van der Waals surface area contributed by atoms with Crippen molar-refractivity contribution >= 4 is 34.8 Å². The molecule has 0 bridgehead atoms. The fourth-order valence-electron chi connectivity index (χ4n) is 2.19. The van der Waals surface area contributed by atoms with Gasteiger partial charge in [0.25, 0.3) is 5.91 Å². The van der Waals surface area contributed by atoms with Gasteiger partial charge in [0.1, 0.15) is 5.75 Å². The van der Waals surface area contributed by atoms with Crippen LogP contribution in [-0.4, -0.2) is 18.2 Å². The van der Waals surface area contributed by atoms with Crippen LogP contribution in [0.4, 0.5) is 0 Å². The van der Waals surface area contributed by atoms with Gasteiger partial charge in [-0.1, -0.05) is 47.0 Å². The molecule has 0 saturated carbocycles. The highest BCUT2D eigenvalue weighted by Crippen LogP contribution is 2.27. The average Bonchev–Trinajstić information content (AvgIpc) is 2.51. The first-order valence-corrected chi connectivity index (χ1v) is 8.11. The molecule has 0 atom stereocenters. The molecule has 0 spiro atoms. The zero-order valence-electron chi connectivity index (χ0n) is 13.7. The first-order valence-electron chi connectivity index (χ1n) is 7.35. The molecular weight excluding hydrogens is 347 g/mol. The molecule has 0 aromatic heterocycles. The monoisotopic (exact) mass is 364 g/mol. The van der Waals surface area contributed by atoms with Crippen molar-refractivity contribution in [2.75, 3.05) is 6.61 Å². The standard InChI is InChI=1S/C18H18Cl2N2O2/c1-11-4-6-15(12(2)8-11)13(3)21-22-18(23)10-24-17-7-5-14(19)9-16(17)20/h4-9H,10H2,1-3H3,(H,22,23)/b21-13+. The Bertz CT molecular complexity index is 789. The third-order valence-corrected chi connectivity index (χ3v) is 3.90. The first kappa shape index (κ1) is 18.3. The van der Waals surface area contributed by atoms with Crippen LogP contribution in [0.15, 0.2) is 41.5 Å². The summed E-state index contributed by atoms with van der Waals surface area (Å²) < 4.78 is 5.36. The molecule has 0 heterocycles. The van der Waals surface area contributed by atoms with Gasteiger partial charge >= 0.3 is 0 Å².